The Balaban J connectivity index is 1.55. The van der Waals surface area contributed by atoms with Crippen molar-refractivity contribution in [2.45, 2.75) is 19.4 Å². The van der Waals surface area contributed by atoms with E-state index in [0.29, 0.717) is 17.3 Å². The number of anilines is 2. The average molecular weight is 315 g/mol. The van der Waals surface area contributed by atoms with E-state index in [9.17, 15) is 9.59 Å². The van der Waals surface area contributed by atoms with Crippen LogP contribution in [0.25, 0.3) is 0 Å². The summed E-state index contributed by atoms with van der Waals surface area (Å²) in [6, 6.07) is 7.07. The SMILES string of the molecule is COc1cccc(NC(=O)Cn2cc(NC(=O)C3CC3)nn2)c1. The molecule has 8 heteroatoms. The van der Waals surface area contributed by atoms with Crippen LogP contribution in [0.2, 0.25) is 0 Å². The molecule has 1 aliphatic carbocycles. The standard InChI is InChI=1S/C15H17N5O3/c1-23-12-4-2-3-11(7-12)16-14(21)9-20-8-13(18-19-20)17-15(22)10-5-6-10/h2-4,7-8,10H,5-6,9H2,1H3,(H,16,21)(H,17,22). The number of rotatable bonds is 6. The Hall–Kier alpha value is -2.90. The van der Waals surface area contributed by atoms with Gasteiger partial charge in [0.2, 0.25) is 11.8 Å². The number of nitrogens with one attached hydrogen (secondary N) is 2. The van der Waals surface area contributed by atoms with Crippen LogP contribution in [0.15, 0.2) is 30.5 Å². The molecule has 3 rings (SSSR count). The van der Waals surface area contributed by atoms with Crippen molar-refractivity contribution in [1.82, 2.24) is 15.0 Å². The lowest BCUT2D eigenvalue weighted by Gasteiger charge is -2.06. The van der Waals surface area contributed by atoms with Gasteiger partial charge in [0.15, 0.2) is 5.82 Å². The number of hydrogen-bond acceptors (Lipinski definition) is 5. The molecule has 1 heterocycles. The van der Waals surface area contributed by atoms with E-state index < -0.39 is 0 Å². The van der Waals surface area contributed by atoms with Crippen molar-refractivity contribution in [1.29, 1.82) is 0 Å². The summed E-state index contributed by atoms with van der Waals surface area (Å²) < 4.78 is 6.47. The minimum Gasteiger partial charge on any atom is -0.497 e. The smallest absolute Gasteiger partial charge is 0.246 e. The highest BCUT2D eigenvalue weighted by molar-refractivity contribution is 5.93. The molecule has 120 valence electrons. The van der Waals surface area contributed by atoms with Crippen LogP contribution in [-0.2, 0) is 16.1 Å². The molecule has 0 atom stereocenters. The zero-order chi connectivity index (χ0) is 16.2. The fourth-order valence-corrected chi connectivity index (χ4v) is 2.06. The van der Waals surface area contributed by atoms with E-state index in [4.69, 9.17) is 4.74 Å². The van der Waals surface area contributed by atoms with Crippen LogP contribution < -0.4 is 15.4 Å². The van der Waals surface area contributed by atoms with Gasteiger partial charge in [0.1, 0.15) is 12.3 Å². The number of hydrogen-bond donors (Lipinski definition) is 2. The maximum absolute atomic E-state index is 12.0. The molecule has 2 N–H and O–H groups in total. The molecule has 1 fully saturated rings. The lowest BCUT2D eigenvalue weighted by molar-refractivity contribution is -0.117. The van der Waals surface area contributed by atoms with Gasteiger partial charge in [-0.3, -0.25) is 9.59 Å². The Bertz CT molecular complexity index is 723. The summed E-state index contributed by atoms with van der Waals surface area (Å²) in [6.45, 7) is 0.00348. The summed E-state index contributed by atoms with van der Waals surface area (Å²) in [5.74, 6) is 0.822. The number of ether oxygens (including phenoxy) is 1. The van der Waals surface area contributed by atoms with Gasteiger partial charge in [-0.05, 0) is 25.0 Å². The fraction of sp³-hybridized carbons (Fsp3) is 0.333. The normalized spacial score (nSPS) is 13.4. The van der Waals surface area contributed by atoms with E-state index in [1.807, 2.05) is 0 Å². The summed E-state index contributed by atoms with van der Waals surface area (Å²) in [7, 11) is 1.56. The first-order valence-electron chi connectivity index (χ1n) is 7.29. The fourth-order valence-electron chi connectivity index (χ4n) is 2.06. The Morgan fingerprint density at radius 1 is 1.35 bits per heavy atom. The zero-order valence-electron chi connectivity index (χ0n) is 12.7. The number of benzene rings is 1. The van der Waals surface area contributed by atoms with Crippen LogP contribution >= 0.6 is 0 Å². The first-order chi connectivity index (χ1) is 11.1. The molecule has 1 saturated carbocycles. The van der Waals surface area contributed by atoms with Crippen LogP contribution in [-0.4, -0.2) is 33.9 Å². The second-order valence-electron chi connectivity index (χ2n) is 5.35. The first kappa shape index (κ1) is 15.0. The van der Waals surface area contributed by atoms with Gasteiger partial charge in [-0.2, -0.15) is 0 Å². The third kappa shape index (κ3) is 4.06. The van der Waals surface area contributed by atoms with E-state index in [1.54, 1.807) is 31.4 Å². The van der Waals surface area contributed by atoms with E-state index in [-0.39, 0.29) is 24.3 Å². The summed E-state index contributed by atoms with van der Waals surface area (Å²) in [6.07, 6.45) is 3.37. The van der Waals surface area contributed by atoms with Crippen LogP contribution in [0.4, 0.5) is 11.5 Å². The molecule has 0 radical (unpaired) electrons. The molecule has 2 aromatic rings. The van der Waals surface area contributed by atoms with E-state index in [2.05, 4.69) is 20.9 Å². The molecule has 23 heavy (non-hydrogen) atoms. The molecule has 1 aromatic carbocycles. The molecule has 0 spiro atoms. The Morgan fingerprint density at radius 2 is 2.17 bits per heavy atom. The molecule has 1 aliphatic rings. The van der Waals surface area contributed by atoms with Crippen LogP contribution in [0.3, 0.4) is 0 Å². The van der Waals surface area contributed by atoms with Crippen LogP contribution in [0, 0.1) is 5.92 Å². The van der Waals surface area contributed by atoms with Gasteiger partial charge in [-0.1, -0.05) is 11.3 Å². The quantitative estimate of drug-likeness (QED) is 0.836. The van der Waals surface area contributed by atoms with Crippen molar-refractivity contribution in [3.63, 3.8) is 0 Å². The van der Waals surface area contributed by atoms with E-state index in [1.165, 1.54) is 10.9 Å². The average Bonchev–Trinajstić information content (AvgIpc) is 3.30. The highest BCUT2D eigenvalue weighted by Crippen LogP contribution is 2.29. The van der Waals surface area contributed by atoms with Crippen molar-refractivity contribution < 1.29 is 14.3 Å². The minimum atomic E-state index is -0.247. The topological polar surface area (TPSA) is 98.1 Å². The molecule has 0 saturated heterocycles. The molecule has 0 unspecified atom stereocenters. The number of amides is 2. The Labute approximate surface area is 132 Å². The van der Waals surface area contributed by atoms with E-state index in [0.717, 1.165) is 12.8 Å². The van der Waals surface area contributed by atoms with E-state index >= 15 is 0 Å². The number of aromatic nitrogens is 3. The first-order valence-corrected chi connectivity index (χ1v) is 7.29. The van der Waals surface area contributed by atoms with Crippen molar-refractivity contribution >= 4 is 23.3 Å². The molecular formula is C15H17N5O3. The molecule has 0 aliphatic heterocycles. The molecule has 0 bridgehead atoms. The van der Waals surface area contributed by atoms with Gasteiger partial charge in [-0.25, -0.2) is 4.68 Å². The summed E-state index contributed by atoms with van der Waals surface area (Å²) in [4.78, 5) is 23.6. The van der Waals surface area contributed by atoms with Crippen molar-refractivity contribution in [2.75, 3.05) is 17.7 Å². The predicted molar refractivity (Wildman–Crippen MR) is 83.0 cm³/mol. The molecule has 8 nitrogen and oxygen atoms in total. The Kier molecular flexibility index (Phi) is 4.22. The zero-order valence-corrected chi connectivity index (χ0v) is 12.7. The van der Waals surface area contributed by atoms with Gasteiger partial charge in [0.25, 0.3) is 0 Å². The monoisotopic (exact) mass is 315 g/mol. The summed E-state index contributed by atoms with van der Waals surface area (Å²) in [5.41, 5.74) is 0.636. The van der Waals surface area contributed by atoms with Crippen molar-refractivity contribution in [3.8, 4) is 5.75 Å². The van der Waals surface area contributed by atoms with Crippen LogP contribution in [0.5, 0.6) is 5.75 Å². The van der Waals surface area contributed by atoms with Crippen LogP contribution in [0.1, 0.15) is 12.8 Å². The molecule has 1 aromatic heterocycles. The number of nitrogens with zero attached hydrogens (tertiary/aromatic N) is 3. The van der Waals surface area contributed by atoms with Gasteiger partial charge in [0, 0.05) is 17.7 Å². The van der Waals surface area contributed by atoms with Gasteiger partial charge in [-0.15, -0.1) is 5.10 Å². The highest BCUT2D eigenvalue weighted by atomic mass is 16.5. The lowest BCUT2D eigenvalue weighted by atomic mass is 10.3. The maximum Gasteiger partial charge on any atom is 0.246 e. The third-order valence-corrected chi connectivity index (χ3v) is 3.40. The lowest BCUT2D eigenvalue weighted by Crippen LogP contribution is -2.19. The third-order valence-electron chi connectivity index (χ3n) is 3.40. The largest absolute Gasteiger partial charge is 0.497 e. The molecule has 2 amide bonds. The second kappa shape index (κ2) is 6.47. The second-order valence-corrected chi connectivity index (χ2v) is 5.35. The highest BCUT2D eigenvalue weighted by Gasteiger charge is 2.30. The van der Waals surface area contributed by atoms with Gasteiger partial charge < -0.3 is 15.4 Å². The van der Waals surface area contributed by atoms with Gasteiger partial charge in [0.05, 0.1) is 13.3 Å². The number of carbonyl (C=O) groups excluding carboxylic acids is 2. The Morgan fingerprint density at radius 3 is 2.91 bits per heavy atom. The molecular weight excluding hydrogens is 298 g/mol. The number of methoxy groups -OCH3 is 1. The predicted octanol–water partition coefficient (Wildman–Crippen LogP) is 1.27. The summed E-state index contributed by atoms with van der Waals surface area (Å²) in [5, 5.41) is 13.1. The van der Waals surface area contributed by atoms with Gasteiger partial charge >= 0.3 is 0 Å². The number of carbonyl (C=O) groups is 2. The van der Waals surface area contributed by atoms with Crippen molar-refractivity contribution in [2.24, 2.45) is 5.92 Å². The van der Waals surface area contributed by atoms with Crippen molar-refractivity contribution in [3.05, 3.63) is 30.5 Å². The maximum atomic E-state index is 12.0. The summed E-state index contributed by atoms with van der Waals surface area (Å²) >= 11 is 0. The minimum absolute atomic E-state index is 0.00348.